The second kappa shape index (κ2) is 1.48. The van der Waals surface area contributed by atoms with Gasteiger partial charge in [0, 0.05) is 5.57 Å². The molecule has 4 nitrogen and oxygen atoms in total. The van der Waals surface area contributed by atoms with Gasteiger partial charge in [0.15, 0.2) is 5.70 Å². The number of carbonyl (C=O) groups excluding carboxylic acids is 1. The first-order chi connectivity index (χ1) is 4.38. The largest absolute Gasteiger partial charge is 0.456 e. The van der Waals surface area contributed by atoms with E-state index in [9.17, 15) is 4.79 Å². The number of esters is 1. The zero-order valence-corrected chi connectivity index (χ0v) is 4.64. The van der Waals surface area contributed by atoms with Gasteiger partial charge in [-0.25, -0.2) is 4.79 Å². The molecule has 0 fully saturated rings. The van der Waals surface area contributed by atoms with Crippen molar-refractivity contribution >= 4 is 5.97 Å². The number of ether oxygens (including phenoxy) is 1. The lowest BCUT2D eigenvalue weighted by atomic mass is 10.3. The lowest BCUT2D eigenvalue weighted by Crippen LogP contribution is -2.14. The summed E-state index contributed by atoms with van der Waals surface area (Å²) in [6, 6.07) is 0. The summed E-state index contributed by atoms with van der Waals surface area (Å²) < 4.78 is 4.66. The molecule has 0 saturated heterocycles. The first kappa shape index (κ1) is 4.81. The maximum atomic E-state index is 10.6. The fourth-order valence-electron chi connectivity index (χ4n) is 0.864. The molecule has 0 radical (unpaired) electrons. The smallest absolute Gasteiger partial charge is 0.357 e. The van der Waals surface area contributed by atoms with Crippen LogP contribution in [0.5, 0.6) is 0 Å². The predicted octanol–water partition coefficient (Wildman–Crippen LogP) is -0.668. The van der Waals surface area contributed by atoms with Crippen LogP contribution in [0.15, 0.2) is 11.3 Å². The van der Waals surface area contributed by atoms with E-state index >= 15 is 0 Å². The average Bonchev–Trinajstić information content (AvgIpc) is 2.35. The molecule has 0 bridgehead atoms. The van der Waals surface area contributed by atoms with Crippen LogP contribution in [0.3, 0.4) is 0 Å². The van der Waals surface area contributed by atoms with E-state index in [0.717, 1.165) is 5.57 Å². The van der Waals surface area contributed by atoms with Crippen LogP contribution in [-0.2, 0) is 14.4 Å². The molecule has 0 saturated carbocycles. The molecule has 0 spiro atoms. The highest BCUT2D eigenvalue weighted by atomic mass is 16.7. The number of hydrogen-bond acceptors (Lipinski definition) is 4. The minimum atomic E-state index is -0.303. The summed E-state index contributed by atoms with van der Waals surface area (Å²) in [5.74, 6) is -0.303. The monoisotopic (exact) mass is 127 g/mol. The van der Waals surface area contributed by atoms with E-state index in [1.807, 2.05) is 0 Å². The molecule has 0 amide bonds. The summed E-state index contributed by atoms with van der Waals surface area (Å²) in [6.45, 7) is 0.863. The highest BCUT2D eigenvalue weighted by Gasteiger charge is 2.29. The molecule has 2 aliphatic rings. The zero-order valence-electron chi connectivity index (χ0n) is 4.64. The van der Waals surface area contributed by atoms with Crippen LogP contribution in [0.1, 0.15) is 0 Å². The van der Waals surface area contributed by atoms with Crippen LogP contribution < -0.4 is 5.48 Å². The molecule has 48 valence electrons. The van der Waals surface area contributed by atoms with Crippen LogP contribution >= 0.6 is 0 Å². The number of carbonyl (C=O) groups is 1. The molecule has 9 heavy (non-hydrogen) atoms. The Balaban J connectivity index is 2.34. The second-order valence-electron chi connectivity index (χ2n) is 1.95. The molecule has 2 aliphatic heterocycles. The Bertz CT molecular complexity index is 196. The van der Waals surface area contributed by atoms with Crippen molar-refractivity contribution in [3.05, 3.63) is 11.3 Å². The zero-order chi connectivity index (χ0) is 6.27. The van der Waals surface area contributed by atoms with Crippen molar-refractivity contribution < 1.29 is 14.4 Å². The molecule has 0 aliphatic carbocycles. The van der Waals surface area contributed by atoms with E-state index in [1.165, 1.54) is 0 Å². The summed E-state index contributed by atoms with van der Waals surface area (Å²) in [7, 11) is 0. The highest BCUT2D eigenvalue weighted by molar-refractivity contribution is 5.91. The van der Waals surface area contributed by atoms with E-state index in [4.69, 9.17) is 4.84 Å². The molecule has 1 N–H and O–H groups in total. The van der Waals surface area contributed by atoms with Crippen LogP contribution in [0.2, 0.25) is 0 Å². The summed E-state index contributed by atoms with van der Waals surface area (Å²) in [4.78, 5) is 15.4. The van der Waals surface area contributed by atoms with Crippen LogP contribution in [0, 0.1) is 0 Å². The predicted molar refractivity (Wildman–Crippen MR) is 27.1 cm³/mol. The quantitative estimate of drug-likeness (QED) is 0.438. The number of rotatable bonds is 0. The summed E-state index contributed by atoms with van der Waals surface area (Å²) in [5.41, 5.74) is 3.89. The Morgan fingerprint density at radius 1 is 1.44 bits per heavy atom. The highest BCUT2D eigenvalue weighted by Crippen LogP contribution is 2.17. The summed E-state index contributed by atoms with van der Waals surface area (Å²) in [5, 5.41) is 0. The van der Waals surface area contributed by atoms with E-state index in [-0.39, 0.29) is 5.97 Å². The van der Waals surface area contributed by atoms with Crippen molar-refractivity contribution in [2.75, 3.05) is 13.2 Å². The van der Waals surface area contributed by atoms with Gasteiger partial charge in [0.05, 0.1) is 0 Å². The van der Waals surface area contributed by atoms with Crippen LogP contribution in [0.4, 0.5) is 0 Å². The molecular formula is C5H5NO3. The fraction of sp³-hybridized carbons (Fsp3) is 0.400. The van der Waals surface area contributed by atoms with Gasteiger partial charge in [-0.3, -0.25) is 10.3 Å². The van der Waals surface area contributed by atoms with Crippen molar-refractivity contribution in [2.45, 2.75) is 0 Å². The minimum Gasteiger partial charge on any atom is -0.456 e. The van der Waals surface area contributed by atoms with Gasteiger partial charge in [0.2, 0.25) is 0 Å². The molecular weight excluding hydrogens is 122 g/mol. The third-order valence-corrected chi connectivity index (χ3v) is 1.36. The standard InChI is InChI=1S/C5H5NO3/c7-5-4-3(1-8-5)2-9-6-4/h6H,1-2H2. The van der Waals surface area contributed by atoms with Gasteiger partial charge in [-0.2, -0.15) is 0 Å². The normalized spacial score (nSPS) is 23.8. The third-order valence-electron chi connectivity index (χ3n) is 1.36. The van der Waals surface area contributed by atoms with Crippen molar-refractivity contribution in [3.63, 3.8) is 0 Å². The van der Waals surface area contributed by atoms with E-state index in [1.54, 1.807) is 0 Å². The van der Waals surface area contributed by atoms with E-state index < -0.39 is 0 Å². The molecule has 2 heterocycles. The molecule has 0 aromatic carbocycles. The number of hydrogen-bond donors (Lipinski definition) is 1. The van der Waals surface area contributed by atoms with Gasteiger partial charge in [0.25, 0.3) is 0 Å². The van der Waals surface area contributed by atoms with Gasteiger partial charge < -0.3 is 4.74 Å². The lowest BCUT2D eigenvalue weighted by Gasteiger charge is -1.97. The molecule has 0 unspecified atom stereocenters. The minimum absolute atomic E-state index is 0.303. The number of hydroxylamine groups is 1. The fourth-order valence-corrected chi connectivity index (χ4v) is 0.864. The van der Waals surface area contributed by atoms with Gasteiger partial charge >= 0.3 is 5.97 Å². The maximum absolute atomic E-state index is 10.6. The van der Waals surface area contributed by atoms with Crippen molar-refractivity contribution in [2.24, 2.45) is 0 Å². The molecule has 0 aromatic rings. The third kappa shape index (κ3) is 0.533. The van der Waals surface area contributed by atoms with Gasteiger partial charge in [0.1, 0.15) is 13.2 Å². The maximum Gasteiger partial charge on any atom is 0.357 e. The van der Waals surface area contributed by atoms with Crippen molar-refractivity contribution in [1.82, 2.24) is 5.48 Å². The Hall–Kier alpha value is -1.03. The van der Waals surface area contributed by atoms with Crippen molar-refractivity contribution in [1.29, 1.82) is 0 Å². The number of cyclic esters (lactones) is 1. The van der Waals surface area contributed by atoms with E-state index in [2.05, 4.69) is 10.2 Å². The Morgan fingerprint density at radius 2 is 2.33 bits per heavy atom. The van der Waals surface area contributed by atoms with Gasteiger partial charge in [-0.1, -0.05) is 0 Å². The molecule has 0 atom stereocenters. The van der Waals surface area contributed by atoms with Crippen LogP contribution in [-0.4, -0.2) is 19.2 Å². The molecule has 2 rings (SSSR count). The number of nitrogens with one attached hydrogen (secondary N) is 1. The molecule has 0 aromatic heterocycles. The summed E-state index contributed by atoms with van der Waals surface area (Å²) >= 11 is 0. The Labute approximate surface area is 51.4 Å². The molecule has 4 heteroatoms. The first-order valence-electron chi connectivity index (χ1n) is 2.65. The van der Waals surface area contributed by atoms with Gasteiger partial charge in [-0.15, -0.1) is 0 Å². The average molecular weight is 127 g/mol. The van der Waals surface area contributed by atoms with Crippen molar-refractivity contribution in [3.8, 4) is 0 Å². The summed E-state index contributed by atoms with van der Waals surface area (Å²) in [6.07, 6.45) is 0. The SMILES string of the molecule is O=C1OCC2=C1NOC2. The van der Waals surface area contributed by atoms with Gasteiger partial charge in [-0.05, 0) is 0 Å². The Kier molecular flexibility index (Phi) is 0.790. The Morgan fingerprint density at radius 3 is 3.11 bits per heavy atom. The second-order valence-corrected chi connectivity index (χ2v) is 1.95. The van der Waals surface area contributed by atoms with Crippen LogP contribution in [0.25, 0.3) is 0 Å². The first-order valence-corrected chi connectivity index (χ1v) is 2.65. The lowest BCUT2D eigenvalue weighted by molar-refractivity contribution is -0.138. The van der Waals surface area contributed by atoms with E-state index in [0.29, 0.717) is 18.9 Å². The topological polar surface area (TPSA) is 47.6 Å².